The van der Waals surface area contributed by atoms with Crippen LogP contribution >= 0.6 is 0 Å². The SMILES string of the molecule is Cc1nc(CN2CCC(c3cccc4c3OC(C)(c3ccc(C#N)cc3F)O4)CC2)n(CC2CCO2)c1-c1nc(C(=O)O)c(C)o1. The van der Waals surface area contributed by atoms with E-state index in [1.165, 1.54) is 6.07 Å². The maximum absolute atomic E-state index is 15.0. The van der Waals surface area contributed by atoms with Crippen molar-refractivity contribution < 1.29 is 32.9 Å². The van der Waals surface area contributed by atoms with Crippen LogP contribution in [0.5, 0.6) is 11.5 Å². The molecule has 4 aromatic rings. The van der Waals surface area contributed by atoms with E-state index >= 15 is 0 Å². The molecule has 2 unspecified atom stereocenters. The fraction of sp³-hybridized carbons (Fsp3) is 0.412. The van der Waals surface area contributed by atoms with Crippen LogP contribution in [0.15, 0.2) is 40.8 Å². The highest BCUT2D eigenvalue weighted by molar-refractivity contribution is 5.87. The van der Waals surface area contributed by atoms with E-state index in [-0.39, 0.29) is 40.5 Å². The molecule has 2 aromatic heterocycles. The van der Waals surface area contributed by atoms with Crippen molar-refractivity contribution >= 4 is 5.97 Å². The Morgan fingerprint density at radius 2 is 1.93 bits per heavy atom. The average Bonchev–Trinajstić information content (AvgIpc) is 3.66. The number of aromatic carboxylic acids is 1. The number of aromatic nitrogens is 3. The van der Waals surface area contributed by atoms with Gasteiger partial charge >= 0.3 is 5.97 Å². The van der Waals surface area contributed by atoms with Crippen molar-refractivity contribution in [1.82, 2.24) is 19.4 Å². The minimum absolute atomic E-state index is 0.0534. The second-order valence-corrected chi connectivity index (χ2v) is 12.3. The number of imidazole rings is 1. The first-order valence-corrected chi connectivity index (χ1v) is 15.5. The first-order valence-electron chi connectivity index (χ1n) is 15.5. The number of benzene rings is 2. The summed E-state index contributed by atoms with van der Waals surface area (Å²) in [6.45, 7) is 8.72. The van der Waals surface area contributed by atoms with Gasteiger partial charge in [0.05, 0.1) is 42.1 Å². The van der Waals surface area contributed by atoms with Crippen LogP contribution in [0.4, 0.5) is 4.39 Å². The van der Waals surface area contributed by atoms with Gasteiger partial charge in [0.2, 0.25) is 5.89 Å². The highest BCUT2D eigenvalue weighted by atomic mass is 19.1. The van der Waals surface area contributed by atoms with Gasteiger partial charge in [-0.15, -0.1) is 0 Å². The smallest absolute Gasteiger partial charge is 0.358 e. The van der Waals surface area contributed by atoms with Crippen molar-refractivity contribution in [2.75, 3.05) is 19.7 Å². The minimum atomic E-state index is -1.35. The van der Waals surface area contributed by atoms with Crippen molar-refractivity contribution in [3.8, 4) is 29.2 Å². The third-order valence-electron chi connectivity index (χ3n) is 9.19. The summed E-state index contributed by atoms with van der Waals surface area (Å²) >= 11 is 0. The normalized spacial score (nSPS) is 21.2. The number of ether oxygens (including phenoxy) is 3. The maximum Gasteiger partial charge on any atom is 0.358 e. The number of carboxylic acid groups (broad SMARTS) is 1. The van der Waals surface area contributed by atoms with Crippen LogP contribution in [0.3, 0.4) is 0 Å². The van der Waals surface area contributed by atoms with Crippen LogP contribution in [0.25, 0.3) is 11.6 Å². The molecule has 5 heterocycles. The zero-order chi connectivity index (χ0) is 32.2. The number of nitriles is 1. The molecule has 0 aliphatic carbocycles. The summed E-state index contributed by atoms with van der Waals surface area (Å²) in [6, 6.07) is 12.1. The number of para-hydroxylation sites is 1. The zero-order valence-corrected chi connectivity index (χ0v) is 25.9. The number of halogens is 1. The Bertz CT molecular complexity index is 1870. The Morgan fingerprint density at radius 3 is 2.59 bits per heavy atom. The molecule has 0 bridgehead atoms. The lowest BCUT2D eigenvalue weighted by atomic mass is 9.88. The van der Waals surface area contributed by atoms with E-state index in [9.17, 15) is 14.3 Å². The fourth-order valence-corrected chi connectivity index (χ4v) is 6.68. The first-order chi connectivity index (χ1) is 22.1. The Labute approximate surface area is 265 Å². The topological polar surface area (TPSA) is 136 Å². The second-order valence-electron chi connectivity index (χ2n) is 12.3. The molecule has 2 saturated heterocycles. The molecule has 238 valence electrons. The predicted octanol–water partition coefficient (Wildman–Crippen LogP) is 5.68. The Morgan fingerprint density at radius 1 is 1.15 bits per heavy atom. The fourth-order valence-electron chi connectivity index (χ4n) is 6.68. The average molecular weight is 628 g/mol. The number of nitrogens with zero attached hydrogens (tertiary/aromatic N) is 5. The van der Waals surface area contributed by atoms with Gasteiger partial charge < -0.3 is 28.3 Å². The minimum Gasteiger partial charge on any atom is -0.476 e. The van der Waals surface area contributed by atoms with Gasteiger partial charge in [-0.25, -0.2) is 19.2 Å². The number of oxazole rings is 1. The van der Waals surface area contributed by atoms with Crippen LogP contribution < -0.4 is 9.47 Å². The van der Waals surface area contributed by atoms with Gasteiger partial charge in [-0.05, 0) is 76.4 Å². The number of fused-ring (bicyclic) bond motifs is 1. The van der Waals surface area contributed by atoms with Gasteiger partial charge in [-0.1, -0.05) is 12.1 Å². The number of hydrogen-bond acceptors (Lipinski definition) is 9. The lowest BCUT2D eigenvalue weighted by Gasteiger charge is -2.33. The van der Waals surface area contributed by atoms with Crippen molar-refractivity contribution in [3.63, 3.8) is 0 Å². The highest BCUT2D eigenvalue weighted by Gasteiger charge is 2.43. The Balaban J connectivity index is 1.08. The van der Waals surface area contributed by atoms with Gasteiger partial charge in [0.25, 0.3) is 5.79 Å². The molecule has 46 heavy (non-hydrogen) atoms. The molecule has 7 rings (SSSR count). The van der Waals surface area contributed by atoms with E-state index in [1.807, 2.05) is 31.2 Å². The van der Waals surface area contributed by atoms with Gasteiger partial charge in [0, 0.05) is 19.1 Å². The van der Waals surface area contributed by atoms with Crippen LogP contribution in [-0.4, -0.2) is 56.3 Å². The van der Waals surface area contributed by atoms with E-state index in [4.69, 9.17) is 28.9 Å². The van der Waals surface area contributed by atoms with Crippen molar-refractivity contribution in [1.29, 1.82) is 5.26 Å². The lowest BCUT2D eigenvalue weighted by Crippen LogP contribution is -2.35. The molecule has 11 nitrogen and oxygen atoms in total. The Kier molecular flexibility index (Phi) is 7.53. The molecular weight excluding hydrogens is 593 g/mol. The summed E-state index contributed by atoms with van der Waals surface area (Å²) in [6.07, 6.45) is 2.75. The first kappa shape index (κ1) is 30.0. The van der Waals surface area contributed by atoms with Gasteiger partial charge in [0.1, 0.15) is 23.1 Å². The summed E-state index contributed by atoms with van der Waals surface area (Å²) in [7, 11) is 0. The summed E-state index contributed by atoms with van der Waals surface area (Å²) in [5, 5.41) is 18.7. The predicted molar refractivity (Wildman–Crippen MR) is 162 cm³/mol. The highest BCUT2D eigenvalue weighted by Crippen LogP contribution is 2.49. The molecule has 2 atom stereocenters. The number of carbonyl (C=O) groups is 1. The van der Waals surface area contributed by atoms with Gasteiger partial charge in [-0.3, -0.25) is 4.90 Å². The summed E-state index contributed by atoms with van der Waals surface area (Å²) in [5.74, 6) is -0.258. The molecule has 2 fully saturated rings. The number of carboxylic acids is 1. The second kappa shape index (κ2) is 11.6. The van der Waals surface area contributed by atoms with Crippen LogP contribution in [0.1, 0.15) is 76.6 Å². The number of hydrogen-bond donors (Lipinski definition) is 1. The molecule has 3 aliphatic heterocycles. The number of likely N-dealkylation sites (tertiary alicyclic amines) is 1. The molecular formula is C34H34FN5O6. The standard InChI is InChI=1S/C34H34FN5O6/c1-19-30(32-38-29(33(41)42)20(2)44-32)40(17-23-11-14-43-23)28(37-19)18-39-12-9-22(10-13-39)24-5-4-6-27-31(24)46-34(3,45-27)25-8-7-21(16-36)15-26(25)35/h4-8,15,22-23H,9-14,17-18H2,1-3H3,(H,41,42). The van der Waals surface area contributed by atoms with Gasteiger partial charge in [0.15, 0.2) is 17.2 Å². The van der Waals surface area contributed by atoms with E-state index in [2.05, 4.69) is 14.5 Å². The van der Waals surface area contributed by atoms with Crippen molar-refractivity contribution in [3.05, 3.63) is 81.9 Å². The van der Waals surface area contributed by atoms with Crippen LogP contribution in [-0.2, 0) is 23.6 Å². The summed E-state index contributed by atoms with van der Waals surface area (Å²) < 4.78 is 41.1. The van der Waals surface area contributed by atoms with Crippen LogP contribution in [0.2, 0.25) is 0 Å². The van der Waals surface area contributed by atoms with Crippen molar-refractivity contribution in [2.45, 2.75) is 70.9 Å². The molecule has 12 heteroatoms. The van der Waals surface area contributed by atoms with E-state index in [0.717, 1.165) is 56.0 Å². The number of aryl methyl sites for hydroxylation is 2. The third kappa shape index (κ3) is 5.29. The maximum atomic E-state index is 15.0. The van der Waals surface area contributed by atoms with E-state index in [1.54, 1.807) is 26.0 Å². The van der Waals surface area contributed by atoms with E-state index in [0.29, 0.717) is 30.3 Å². The van der Waals surface area contributed by atoms with Crippen LogP contribution in [0, 0.1) is 31.0 Å². The number of rotatable bonds is 8. The molecule has 2 aromatic carbocycles. The Hall–Kier alpha value is -4.73. The quantitative estimate of drug-likeness (QED) is 0.260. The largest absolute Gasteiger partial charge is 0.476 e. The number of piperidine rings is 1. The zero-order valence-electron chi connectivity index (χ0n) is 25.9. The monoisotopic (exact) mass is 627 g/mol. The van der Waals surface area contributed by atoms with E-state index < -0.39 is 17.6 Å². The summed E-state index contributed by atoms with van der Waals surface area (Å²) in [5.41, 5.74) is 2.80. The molecule has 0 radical (unpaired) electrons. The molecule has 0 saturated carbocycles. The lowest BCUT2D eigenvalue weighted by molar-refractivity contribution is -0.0712. The molecule has 3 aliphatic rings. The molecule has 0 spiro atoms. The van der Waals surface area contributed by atoms with Crippen molar-refractivity contribution in [2.24, 2.45) is 0 Å². The van der Waals surface area contributed by atoms with Gasteiger partial charge in [-0.2, -0.15) is 5.26 Å². The molecule has 1 N–H and O–H groups in total. The molecule has 0 amide bonds. The third-order valence-corrected chi connectivity index (χ3v) is 9.19. The summed E-state index contributed by atoms with van der Waals surface area (Å²) in [4.78, 5) is 23.2.